The number of aryl methyl sites for hydroxylation is 1. The maximum absolute atomic E-state index is 9.82. The van der Waals surface area contributed by atoms with Crippen LogP contribution in [0.4, 0.5) is 0 Å². The molecule has 0 bridgehead atoms. The lowest BCUT2D eigenvalue weighted by atomic mass is 10.0. The number of pyridine rings is 1. The van der Waals surface area contributed by atoms with E-state index in [1.54, 1.807) is 12.3 Å². The van der Waals surface area contributed by atoms with Crippen molar-refractivity contribution in [2.24, 2.45) is 5.11 Å². The second-order valence-electron chi connectivity index (χ2n) is 3.46. The second kappa shape index (κ2) is 6.07. The van der Waals surface area contributed by atoms with E-state index in [2.05, 4.69) is 15.0 Å². The fourth-order valence-electron chi connectivity index (χ4n) is 1.38. The molecule has 0 aliphatic rings. The van der Waals surface area contributed by atoms with Crippen molar-refractivity contribution in [1.82, 2.24) is 4.98 Å². The Bertz CT molecular complexity index is 390. The molecule has 2 atom stereocenters. The molecule has 1 heterocycles. The Labute approximate surface area is 93.2 Å². The Balaban J connectivity index is 2.66. The van der Waals surface area contributed by atoms with Gasteiger partial charge < -0.3 is 10.2 Å². The van der Waals surface area contributed by atoms with E-state index in [1.807, 2.05) is 13.0 Å². The van der Waals surface area contributed by atoms with Crippen LogP contribution in [0.3, 0.4) is 0 Å². The summed E-state index contributed by atoms with van der Waals surface area (Å²) in [5.74, 6) is 0. The Morgan fingerprint density at radius 2 is 2.31 bits per heavy atom. The van der Waals surface area contributed by atoms with Crippen LogP contribution >= 0.6 is 0 Å². The normalized spacial score (nSPS) is 13.9. The van der Waals surface area contributed by atoms with Gasteiger partial charge in [0.15, 0.2) is 0 Å². The summed E-state index contributed by atoms with van der Waals surface area (Å²) >= 11 is 0. The molecule has 0 amide bonds. The van der Waals surface area contributed by atoms with E-state index in [4.69, 9.17) is 5.53 Å². The first kappa shape index (κ1) is 12.4. The number of hydrogen-bond acceptors (Lipinski definition) is 4. The topological polar surface area (TPSA) is 102 Å². The first-order chi connectivity index (χ1) is 7.66. The van der Waals surface area contributed by atoms with Crippen LogP contribution in [0.1, 0.15) is 23.8 Å². The summed E-state index contributed by atoms with van der Waals surface area (Å²) in [7, 11) is 0. The van der Waals surface area contributed by atoms with Crippen LogP contribution in [0.25, 0.3) is 10.4 Å². The number of hydrogen-bond donors (Lipinski definition) is 2. The largest absolute Gasteiger partial charge is 0.390 e. The van der Waals surface area contributed by atoms with Crippen molar-refractivity contribution in [1.29, 1.82) is 0 Å². The maximum atomic E-state index is 9.82. The predicted molar refractivity (Wildman–Crippen MR) is 58.6 cm³/mol. The van der Waals surface area contributed by atoms with Crippen molar-refractivity contribution in [3.05, 3.63) is 40.0 Å². The molecule has 1 aromatic rings. The van der Waals surface area contributed by atoms with Gasteiger partial charge in [-0.25, -0.2) is 0 Å². The smallest absolute Gasteiger partial charge is 0.122 e. The highest BCUT2D eigenvalue weighted by molar-refractivity contribution is 5.20. The van der Waals surface area contributed by atoms with Gasteiger partial charge in [0, 0.05) is 17.7 Å². The van der Waals surface area contributed by atoms with Crippen molar-refractivity contribution in [3.63, 3.8) is 0 Å². The lowest BCUT2D eigenvalue weighted by Crippen LogP contribution is -2.20. The molecule has 0 aliphatic heterocycles. The molecule has 86 valence electrons. The average molecular weight is 222 g/mol. The summed E-state index contributed by atoms with van der Waals surface area (Å²) in [4.78, 5) is 6.59. The standard InChI is InChI=1S/C10H14N4O2/c1-7-3-2-5-12-9(7)10(16)8(15)4-6-13-14-11/h2-3,5,8,10,15-16H,4,6H2,1H3. The van der Waals surface area contributed by atoms with Gasteiger partial charge in [-0.1, -0.05) is 11.2 Å². The van der Waals surface area contributed by atoms with Gasteiger partial charge in [-0.05, 0) is 30.5 Å². The first-order valence-corrected chi connectivity index (χ1v) is 4.95. The van der Waals surface area contributed by atoms with Crippen LogP contribution in [0, 0.1) is 6.92 Å². The van der Waals surface area contributed by atoms with E-state index in [9.17, 15) is 10.2 Å². The molecule has 1 aromatic heterocycles. The van der Waals surface area contributed by atoms with E-state index >= 15 is 0 Å². The summed E-state index contributed by atoms with van der Waals surface area (Å²) in [6.07, 6.45) is -0.248. The van der Waals surface area contributed by atoms with Crippen LogP contribution in [0.2, 0.25) is 0 Å². The summed E-state index contributed by atoms with van der Waals surface area (Å²) < 4.78 is 0. The summed E-state index contributed by atoms with van der Waals surface area (Å²) in [5, 5.41) is 22.8. The molecule has 0 saturated heterocycles. The molecule has 1 rings (SSSR count). The maximum Gasteiger partial charge on any atom is 0.122 e. The zero-order valence-corrected chi connectivity index (χ0v) is 8.98. The quantitative estimate of drug-likeness (QED) is 0.448. The monoisotopic (exact) mass is 222 g/mol. The number of nitrogens with zero attached hydrogens (tertiary/aromatic N) is 4. The minimum Gasteiger partial charge on any atom is -0.390 e. The highest BCUT2D eigenvalue weighted by atomic mass is 16.3. The highest BCUT2D eigenvalue weighted by Gasteiger charge is 2.20. The minimum atomic E-state index is -1.05. The average Bonchev–Trinajstić information content (AvgIpc) is 2.29. The lowest BCUT2D eigenvalue weighted by Gasteiger charge is -2.17. The molecule has 0 spiro atoms. The van der Waals surface area contributed by atoms with Gasteiger partial charge >= 0.3 is 0 Å². The van der Waals surface area contributed by atoms with Gasteiger partial charge in [-0.2, -0.15) is 0 Å². The molecule has 6 nitrogen and oxygen atoms in total. The first-order valence-electron chi connectivity index (χ1n) is 4.95. The van der Waals surface area contributed by atoms with E-state index in [1.165, 1.54) is 0 Å². The SMILES string of the molecule is Cc1cccnc1C(O)C(O)CCN=[N+]=[N-]. The molecule has 0 saturated carbocycles. The highest BCUT2D eigenvalue weighted by Crippen LogP contribution is 2.19. The van der Waals surface area contributed by atoms with Crippen LogP contribution in [0.5, 0.6) is 0 Å². The molecule has 2 N–H and O–H groups in total. The summed E-state index contributed by atoms with van der Waals surface area (Å²) in [6, 6.07) is 3.57. The van der Waals surface area contributed by atoms with Crippen molar-refractivity contribution in [2.45, 2.75) is 25.6 Å². The Morgan fingerprint density at radius 3 is 2.94 bits per heavy atom. The number of aliphatic hydroxyl groups excluding tert-OH is 2. The molecule has 0 fully saturated rings. The minimum absolute atomic E-state index is 0.153. The summed E-state index contributed by atoms with van der Waals surface area (Å²) in [5.41, 5.74) is 9.35. The number of aliphatic hydroxyl groups is 2. The predicted octanol–water partition coefficient (Wildman–Crippen LogP) is 1.48. The van der Waals surface area contributed by atoms with E-state index in [-0.39, 0.29) is 13.0 Å². The fraction of sp³-hybridized carbons (Fsp3) is 0.500. The molecule has 16 heavy (non-hydrogen) atoms. The van der Waals surface area contributed by atoms with Gasteiger partial charge in [-0.3, -0.25) is 4.98 Å². The van der Waals surface area contributed by atoms with Gasteiger partial charge in [0.25, 0.3) is 0 Å². The molecular formula is C10H14N4O2. The second-order valence-corrected chi connectivity index (χ2v) is 3.46. The van der Waals surface area contributed by atoms with E-state index in [0.717, 1.165) is 5.56 Å². The number of rotatable bonds is 5. The van der Waals surface area contributed by atoms with Crippen molar-refractivity contribution >= 4 is 0 Å². The third-order valence-corrected chi connectivity index (χ3v) is 2.28. The molecule has 0 radical (unpaired) electrons. The molecule has 6 heteroatoms. The number of aromatic nitrogens is 1. The van der Waals surface area contributed by atoms with Crippen LogP contribution in [-0.2, 0) is 0 Å². The van der Waals surface area contributed by atoms with Crippen molar-refractivity contribution in [3.8, 4) is 0 Å². The van der Waals surface area contributed by atoms with Gasteiger partial charge in [0.1, 0.15) is 6.10 Å². The zero-order valence-electron chi connectivity index (χ0n) is 8.98. The fourth-order valence-corrected chi connectivity index (χ4v) is 1.38. The lowest BCUT2D eigenvalue weighted by molar-refractivity contribution is 0.0121. The van der Waals surface area contributed by atoms with Crippen LogP contribution in [0.15, 0.2) is 23.4 Å². The van der Waals surface area contributed by atoms with Crippen LogP contribution in [-0.4, -0.2) is 27.8 Å². The Morgan fingerprint density at radius 1 is 1.56 bits per heavy atom. The molecule has 0 aliphatic carbocycles. The van der Waals surface area contributed by atoms with E-state index < -0.39 is 12.2 Å². The molecule has 0 aromatic carbocycles. The Kier molecular flexibility index (Phi) is 4.72. The Hall–Kier alpha value is -1.62. The molecular weight excluding hydrogens is 208 g/mol. The third-order valence-electron chi connectivity index (χ3n) is 2.28. The van der Waals surface area contributed by atoms with Crippen LogP contribution < -0.4 is 0 Å². The summed E-state index contributed by atoms with van der Waals surface area (Å²) in [6.45, 7) is 1.96. The van der Waals surface area contributed by atoms with Gasteiger partial charge in [0.2, 0.25) is 0 Å². The van der Waals surface area contributed by atoms with E-state index in [0.29, 0.717) is 5.69 Å². The van der Waals surface area contributed by atoms with Gasteiger partial charge in [0.05, 0.1) is 11.8 Å². The van der Waals surface area contributed by atoms with Crippen molar-refractivity contribution < 1.29 is 10.2 Å². The zero-order chi connectivity index (χ0) is 12.0. The van der Waals surface area contributed by atoms with Crippen molar-refractivity contribution in [2.75, 3.05) is 6.54 Å². The van der Waals surface area contributed by atoms with Gasteiger partial charge in [-0.15, -0.1) is 0 Å². The molecule has 2 unspecified atom stereocenters. The third kappa shape index (κ3) is 3.20. The number of azide groups is 1.